The van der Waals surface area contributed by atoms with Gasteiger partial charge in [-0.05, 0) is 26.0 Å². The molecule has 2 heterocycles. The fourth-order valence-electron chi connectivity index (χ4n) is 2.42. The van der Waals surface area contributed by atoms with E-state index in [0.29, 0.717) is 18.2 Å². The van der Waals surface area contributed by atoms with Crippen molar-refractivity contribution in [2.75, 3.05) is 13.2 Å². The van der Waals surface area contributed by atoms with Crippen molar-refractivity contribution in [3.63, 3.8) is 0 Å². The molecule has 1 fully saturated rings. The molecular weight excluding hydrogens is 250 g/mol. The summed E-state index contributed by atoms with van der Waals surface area (Å²) in [5, 5.41) is 3.41. The van der Waals surface area contributed by atoms with Crippen LogP contribution in [-0.4, -0.2) is 41.2 Å². The van der Waals surface area contributed by atoms with Crippen LogP contribution in [0.25, 0.3) is 0 Å². The first-order valence-corrected chi connectivity index (χ1v) is 7.58. The lowest BCUT2D eigenvalue weighted by molar-refractivity contribution is -0.0530. The van der Waals surface area contributed by atoms with Crippen LogP contribution in [0.3, 0.4) is 0 Å². The van der Waals surface area contributed by atoms with E-state index in [4.69, 9.17) is 9.72 Å². The minimum Gasteiger partial charge on any atom is -0.376 e. The van der Waals surface area contributed by atoms with Gasteiger partial charge in [-0.1, -0.05) is 19.9 Å². The molecule has 4 heteroatoms. The predicted octanol–water partition coefficient (Wildman–Crippen LogP) is 2.19. The highest BCUT2D eigenvalue weighted by Gasteiger charge is 2.23. The molecule has 0 spiro atoms. The molecule has 1 aromatic rings. The first-order valence-electron chi connectivity index (χ1n) is 7.58. The standard InChI is InChI=1S/C16H27N3O/c1-12(2)17-8-15-6-5-7-16(18-15)10-19-9-14(4)20-11-13(19)3/h5-7,12-14,17H,8-11H2,1-4H3. The summed E-state index contributed by atoms with van der Waals surface area (Å²) in [6, 6.07) is 7.26. The summed E-state index contributed by atoms with van der Waals surface area (Å²) in [6.45, 7) is 12.2. The molecule has 2 unspecified atom stereocenters. The number of aromatic nitrogens is 1. The molecule has 4 nitrogen and oxygen atoms in total. The summed E-state index contributed by atoms with van der Waals surface area (Å²) in [4.78, 5) is 7.21. The lowest BCUT2D eigenvalue weighted by Crippen LogP contribution is -2.46. The lowest BCUT2D eigenvalue weighted by atomic mass is 10.2. The average molecular weight is 277 g/mol. The van der Waals surface area contributed by atoms with Crippen LogP contribution in [0.15, 0.2) is 18.2 Å². The summed E-state index contributed by atoms with van der Waals surface area (Å²) >= 11 is 0. The Kier molecular flexibility index (Phi) is 5.52. The molecule has 2 rings (SSSR count). The molecule has 1 aromatic heterocycles. The highest BCUT2D eigenvalue weighted by Crippen LogP contribution is 2.14. The number of rotatable bonds is 5. The van der Waals surface area contributed by atoms with Gasteiger partial charge in [0.15, 0.2) is 0 Å². The normalized spacial score (nSPS) is 24.2. The molecule has 1 N–H and O–H groups in total. The van der Waals surface area contributed by atoms with E-state index < -0.39 is 0 Å². The molecular formula is C16H27N3O. The Morgan fingerprint density at radius 1 is 1.35 bits per heavy atom. The van der Waals surface area contributed by atoms with Gasteiger partial charge in [0.05, 0.1) is 24.1 Å². The van der Waals surface area contributed by atoms with Gasteiger partial charge in [-0.2, -0.15) is 0 Å². The van der Waals surface area contributed by atoms with Crippen molar-refractivity contribution < 1.29 is 4.74 Å². The van der Waals surface area contributed by atoms with E-state index in [-0.39, 0.29) is 0 Å². The summed E-state index contributed by atoms with van der Waals surface area (Å²) in [7, 11) is 0. The minimum atomic E-state index is 0.317. The summed E-state index contributed by atoms with van der Waals surface area (Å²) in [5.74, 6) is 0. The van der Waals surface area contributed by atoms with E-state index in [1.54, 1.807) is 0 Å². The smallest absolute Gasteiger partial charge is 0.0674 e. The van der Waals surface area contributed by atoms with Crippen molar-refractivity contribution in [1.29, 1.82) is 0 Å². The summed E-state index contributed by atoms with van der Waals surface area (Å²) < 4.78 is 5.67. The van der Waals surface area contributed by atoms with E-state index in [1.807, 2.05) is 0 Å². The van der Waals surface area contributed by atoms with Crippen molar-refractivity contribution in [3.8, 4) is 0 Å². The third kappa shape index (κ3) is 4.54. The zero-order valence-corrected chi connectivity index (χ0v) is 13.1. The number of hydrogen-bond donors (Lipinski definition) is 1. The molecule has 2 atom stereocenters. The highest BCUT2D eigenvalue weighted by atomic mass is 16.5. The van der Waals surface area contributed by atoms with Gasteiger partial charge in [-0.3, -0.25) is 9.88 Å². The molecule has 20 heavy (non-hydrogen) atoms. The molecule has 0 aliphatic carbocycles. The van der Waals surface area contributed by atoms with Crippen molar-refractivity contribution in [1.82, 2.24) is 15.2 Å². The van der Waals surface area contributed by atoms with Crippen LogP contribution in [0.5, 0.6) is 0 Å². The minimum absolute atomic E-state index is 0.317. The van der Waals surface area contributed by atoms with E-state index in [2.05, 4.69) is 56.1 Å². The molecule has 0 radical (unpaired) electrons. The second-order valence-corrected chi connectivity index (χ2v) is 6.08. The van der Waals surface area contributed by atoms with Gasteiger partial charge in [-0.25, -0.2) is 0 Å². The fraction of sp³-hybridized carbons (Fsp3) is 0.688. The lowest BCUT2D eigenvalue weighted by Gasteiger charge is -2.36. The summed E-state index contributed by atoms with van der Waals surface area (Å²) in [5.41, 5.74) is 2.26. The molecule has 1 saturated heterocycles. The fourth-order valence-corrected chi connectivity index (χ4v) is 2.42. The van der Waals surface area contributed by atoms with Gasteiger partial charge < -0.3 is 10.1 Å². The number of nitrogens with zero attached hydrogens (tertiary/aromatic N) is 2. The SMILES string of the molecule is CC(C)NCc1cccc(CN2CC(C)OCC2C)n1. The van der Waals surface area contributed by atoms with Crippen LogP contribution < -0.4 is 5.32 Å². The van der Waals surface area contributed by atoms with E-state index >= 15 is 0 Å². The third-order valence-electron chi connectivity index (χ3n) is 3.66. The second-order valence-electron chi connectivity index (χ2n) is 6.08. The number of ether oxygens (including phenoxy) is 1. The van der Waals surface area contributed by atoms with E-state index in [9.17, 15) is 0 Å². The van der Waals surface area contributed by atoms with Crippen LogP contribution in [0.1, 0.15) is 39.1 Å². The zero-order valence-electron chi connectivity index (χ0n) is 13.1. The van der Waals surface area contributed by atoms with Gasteiger partial charge in [0.2, 0.25) is 0 Å². The Morgan fingerprint density at radius 3 is 2.85 bits per heavy atom. The van der Waals surface area contributed by atoms with Gasteiger partial charge in [0.1, 0.15) is 0 Å². The van der Waals surface area contributed by atoms with Crippen LogP contribution in [-0.2, 0) is 17.8 Å². The van der Waals surface area contributed by atoms with Crippen LogP contribution >= 0.6 is 0 Å². The van der Waals surface area contributed by atoms with Gasteiger partial charge in [0.25, 0.3) is 0 Å². The Labute approximate surface area is 122 Å². The number of pyridine rings is 1. The number of hydrogen-bond acceptors (Lipinski definition) is 4. The Morgan fingerprint density at radius 2 is 2.10 bits per heavy atom. The molecule has 0 saturated carbocycles. The van der Waals surface area contributed by atoms with Crippen LogP contribution in [0.4, 0.5) is 0 Å². The predicted molar refractivity (Wildman–Crippen MR) is 81.5 cm³/mol. The molecule has 0 bridgehead atoms. The topological polar surface area (TPSA) is 37.4 Å². The maximum absolute atomic E-state index is 5.67. The second kappa shape index (κ2) is 7.16. The maximum atomic E-state index is 5.67. The van der Waals surface area contributed by atoms with Crippen molar-refractivity contribution in [2.24, 2.45) is 0 Å². The molecule has 112 valence electrons. The van der Waals surface area contributed by atoms with Gasteiger partial charge >= 0.3 is 0 Å². The zero-order chi connectivity index (χ0) is 14.5. The number of morpholine rings is 1. The first-order chi connectivity index (χ1) is 9.54. The van der Waals surface area contributed by atoms with Gasteiger partial charge in [-0.15, -0.1) is 0 Å². The molecule has 0 amide bonds. The highest BCUT2D eigenvalue weighted by molar-refractivity contribution is 5.11. The average Bonchev–Trinajstić information content (AvgIpc) is 2.41. The largest absolute Gasteiger partial charge is 0.376 e. The van der Waals surface area contributed by atoms with Crippen LogP contribution in [0.2, 0.25) is 0 Å². The quantitative estimate of drug-likeness (QED) is 0.895. The summed E-state index contributed by atoms with van der Waals surface area (Å²) in [6.07, 6.45) is 0.317. The number of nitrogens with one attached hydrogen (secondary N) is 1. The van der Waals surface area contributed by atoms with Crippen molar-refractivity contribution in [2.45, 2.75) is 59.0 Å². The monoisotopic (exact) mass is 277 g/mol. The Balaban J connectivity index is 1.96. The Bertz CT molecular complexity index is 422. The maximum Gasteiger partial charge on any atom is 0.0674 e. The van der Waals surface area contributed by atoms with E-state index in [0.717, 1.165) is 37.6 Å². The van der Waals surface area contributed by atoms with E-state index in [1.165, 1.54) is 0 Å². The van der Waals surface area contributed by atoms with Crippen LogP contribution in [0, 0.1) is 0 Å². The third-order valence-corrected chi connectivity index (χ3v) is 3.66. The van der Waals surface area contributed by atoms with Crippen molar-refractivity contribution >= 4 is 0 Å². The van der Waals surface area contributed by atoms with Gasteiger partial charge in [0, 0.05) is 31.7 Å². The Hall–Kier alpha value is -0.970. The molecule has 1 aliphatic rings. The molecule has 0 aromatic carbocycles. The first kappa shape index (κ1) is 15.4. The van der Waals surface area contributed by atoms with Crippen molar-refractivity contribution in [3.05, 3.63) is 29.6 Å². The molecule has 1 aliphatic heterocycles.